The van der Waals surface area contributed by atoms with Crippen LogP contribution in [0.1, 0.15) is 47.3 Å². The van der Waals surface area contributed by atoms with Gasteiger partial charge in [0.15, 0.2) is 0 Å². The molecule has 1 aliphatic heterocycles. The van der Waals surface area contributed by atoms with E-state index in [1.165, 1.54) is 24.4 Å². The molecule has 1 saturated heterocycles. The fourth-order valence-electron chi connectivity index (χ4n) is 4.72. The summed E-state index contributed by atoms with van der Waals surface area (Å²) in [6, 6.07) is 13.6. The molecule has 4 aromatic rings. The van der Waals surface area contributed by atoms with Gasteiger partial charge in [0.25, 0.3) is 5.91 Å². The van der Waals surface area contributed by atoms with Gasteiger partial charge in [-0.1, -0.05) is 5.92 Å². The van der Waals surface area contributed by atoms with Crippen LogP contribution < -0.4 is 5.32 Å². The van der Waals surface area contributed by atoms with Crippen LogP contribution in [0.4, 0.5) is 10.2 Å². The first-order valence-electron chi connectivity index (χ1n) is 11.6. The Morgan fingerprint density at radius 3 is 2.92 bits per heavy atom. The van der Waals surface area contributed by atoms with Gasteiger partial charge >= 0.3 is 0 Å². The summed E-state index contributed by atoms with van der Waals surface area (Å²) in [5, 5.41) is 11.6. The number of carbonyl (C=O) groups is 1. The monoisotopic (exact) mass is 478 g/mol. The highest BCUT2D eigenvalue weighted by atomic mass is 19.1. The van der Waals surface area contributed by atoms with Gasteiger partial charge in [-0.25, -0.2) is 14.4 Å². The summed E-state index contributed by atoms with van der Waals surface area (Å²) in [5.74, 6) is 5.34. The van der Waals surface area contributed by atoms with E-state index in [9.17, 15) is 4.79 Å². The Bertz CT molecular complexity index is 1560. The number of nitriles is 1. The minimum atomic E-state index is -0.517. The number of fused-ring (bicyclic) bond motifs is 1. The maximum atomic E-state index is 15.4. The highest BCUT2D eigenvalue weighted by Gasteiger charge is 2.29. The van der Waals surface area contributed by atoms with E-state index in [4.69, 9.17) is 5.26 Å². The Hall–Kier alpha value is -4.53. The Morgan fingerprint density at radius 1 is 1.22 bits per heavy atom. The van der Waals surface area contributed by atoms with Gasteiger partial charge in [0.2, 0.25) is 0 Å². The number of nitrogens with one attached hydrogen (secondary N) is 1. The molecule has 1 amide bonds. The summed E-state index contributed by atoms with van der Waals surface area (Å²) < 4.78 is 17.3. The van der Waals surface area contributed by atoms with Gasteiger partial charge in [-0.3, -0.25) is 14.1 Å². The lowest BCUT2D eigenvalue weighted by Crippen LogP contribution is -2.23. The van der Waals surface area contributed by atoms with Gasteiger partial charge in [-0.2, -0.15) is 5.26 Å². The van der Waals surface area contributed by atoms with Crippen LogP contribution in [0, 0.1) is 29.0 Å². The molecule has 0 aliphatic carbocycles. The SMILES string of the molecule is CC#CCN1CCCC1c1cc(-c2ccc(C(=O)Nc3cc(C#N)ccn3)cc2F)n2cnccc12. The molecule has 5 rings (SSSR count). The molecule has 4 heterocycles. The van der Waals surface area contributed by atoms with Crippen molar-refractivity contribution in [1.29, 1.82) is 5.26 Å². The van der Waals surface area contributed by atoms with Crippen molar-refractivity contribution in [3.05, 3.63) is 83.7 Å². The van der Waals surface area contributed by atoms with Crippen LogP contribution in [0.5, 0.6) is 0 Å². The lowest BCUT2D eigenvalue weighted by molar-refractivity contribution is 0.102. The zero-order valence-electron chi connectivity index (χ0n) is 19.7. The van der Waals surface area contributed by atoms with E-state index >= 15 is 4.39 Å². The molecular weight excluding hydrogens is 455 g/mol. The number of nitrogens with zero attached hydrogens (tertiary/aromatic N) is 5. The number of likely N-dealkylation sites (tertiary alicyclic amines) is 1. The van der Waals surface area contributed by atoms with Crippen LogP contribution in [0.25, 0.3) is 16.8 Å². The lowest BCUT2D eigenvalue weighted by Gasteiger charge is -2.21. The van der Waals surface area contributed by atoms with E-state index in [1.54, 1.807) is 24.7 Å². The van der Waals surface area contributed by atoms with Crippen molar-refractivity contribution in [2.75, 3.05) is 18.4 Å². The number of rotatable bonds is 5. The molecule has 7 nitrogen and oxygen atoms in total. The first-order valence-corrected chi connectivity index (χ1v) is 11.6. The molecular formula is C28H23FN6O. The number of amides is 1. The Labute approximate surface area is 208 Å². The third-order valence-electron chi connectivity index (χ3n) is 6.43. The van der Waals surface area contributed by atoms with E-state index in [1.807, 2.05) is 29.5 Å². The molecule has 0 saturated carbocycles. The summed E-state index contributed by atoms with van der Waals surface area (Å²) in [6.45, 7) is 3.51. The van der Waals surface area contributed by atoms with Crippen LogP contribution in [-0.2, 0) is 0 Å². The average Bonchev–Trinajstić information content (AvgIpc) is 3.52. The van der Waals surface area contributed by atoms with Crippen molar-refractivity contribution < 1.29 is 9.18 Å². The fourth-order valence-corrected chi connectivity index (χ4v) is 4.72. The molecule has 3 aromatic heterocycles. The number of hydrogen-bond donors (Lipinski definition) is 1. The van der Waals surface area contributed by atoms with E-state index < -0.39 is 11.7 Å². The van der Waals surface area contributed by atoms with Gasteiger partial charge in [0.05, 0.1) is 35.7 Å². The summed E-state index contributed by atoms with van der Waals surface area (Å²) in [6.07, 6.45) is 6.95. The molecule has 178 valence electrons. The summed E-state index contributed by atoms with van der Waals surface area (Å²) >= 11 is 0. The number of hydrogen-bond acceptors (Lipinski definition) is 5. The molecule has 1 aromatic carbocycles. The summed E-state index contributed by atoms with van der Waals surface area (Å²) in [5.41, 5.74) is 3.67. The number of anilines is 1. The largest absolute Gasteiger partial charge is 0.307 e. The topological polar surface area (TPSA) is 86.3 Å². The maximum absolute atomic E-state index is 15.4. The van der Waals surface area contributed by atoms with Crippen LogP contribution in [-0.4, -0.2) is 38.3 Å². The molecule has 1 unspecified atom stereocenters. The quantitative estimate of drug-likeness (QED) is 0.416. The van der Waals surface area contributed by atoms with Crippen molar-refractivity contribution in [2.24, 2.45) is 0 Å². The number of benzene rings is 1. The van der Waals surface area contributed by atoms with Crippen molar-refractivity contribution >= 4 is 17.2 Å². The molecule has 0 radical (unpaired) electrons. The second kappa shape index (κ2) is 9.99. The minimum absolute atomic E-state index is 0.153. The molecule has 1 N–H and O–H groups in total. The van der Waals surface area contributed by atoms with E-state index in [-0.39, 0.29) is 17.4 Å². The van der Waals surface area contributed by atoms with E-state index in [0.717, 1.165) is 30.5 Å². The zero-order chi connectivity index (χ0) is 25.1. The lowest BCUT2D eigenvalue weighted by atomic mass is 10.0. The standard InChI is InChI=1S/C28H23FN6O/c1-2-3-12-34-13-4-5-24(34)22-16-26(35-18-31-10-9-25(22)35)21-7-6-20(15-23(21)29)28(36)33-27-14-19(17-30)8-11-32-27/h6-11,14-16,18,24H,4-5,12-13H2,1H3,(H,32,33,36). The third kappa shape index (κ3) is 4.43. The maximum Gasteiger partial charge on any atom is 0.256 e. The van der Waals surface area contributed by atoms with Gasteiger partial charge < -0.3 is 5.32 Å². The zero-order valence-corrected chi connectivity index (χ0v) is 19.7. The van der Waals surface area contributed by atoms with E-state index in [2.05, 4.69) is 32.0 Å². The molecule has 0 bridgehead atoms. The van der Waals surface area contributed by atoms with Crippen LogP contribution in [0.2, 0.25) is 0 Å². The van der Waals surface area contributed by atoms with Crippen molar-refractivity contribution in [2.45, 2.75) is 25.8 Å². The Balaban J connectivity index is 1.48. The van der Waals surface area contributed by atoms with E-state index in [0.29, 0.717) is 23.4 Å². The smallest absolute Gasteiger partial charge is 0.256 e. The average molecular weight is 479 g/mol. The van der Waals surface area contributed by atoms with Crippen LogP contribution in [0.15, 0.2) is 61.2 Å². The second-order valence-electron chi connectivity index (χ2n) is 8.57. The van der Waals surface area contributed by atoms with Crippen molar-refractivity contribution in [3.63, 3.8) is 0 Å². The van der Waals surface area contributed by atoms with Gasteiger partial charge in [-0.05, 0) is 74.3 Å². The number of aromatic nitrogens is 3. The molecule has 0 spiro atoms. The molecule has 1 fully saturated rings. The predicted octanol–water partition coefficient (Wildman–Crippen LogP) is 4.82. The second-order valence-corrected chi connectivity index (χ2v) is 8.57. The van der Waals surface area contributed by atoms with Gasteiger partial charge in [-0.15, -0.1) is 5.92 Å². The summed E-state index contributed by atoms with van der Waals surface area (Å²) in [7, 11) is 0. The van der Waals surface area contributed by atoms with Crippen LogP contribution in [0.3, 0.4) is 0 Å². The minimum Gasteiger partial charge on any atom is -0.307 e. The molecule has 36 heavy (non-hydrogen) atoms. The fraction of sp³-hybridized carbons (Fsp3) is 0.214. The first kappa shape index (κ1) is 23.2. The highest BCUT2D eigenvalue weighted by molar-refractivity contribution is 6.04. The van der Waals surface area contributed by atoms with Gasteiger partial charge in [0, 0.05) is 29.6 Å². The third-order valence-corrected chi connectivity index (χ3v) is 6.43. The molecule has 8 heteroatoms. The first-order chi connectivity index (χ1) is 17.6. The Morgan fingerprint density at radius 2 is 2.11 bits per heavy atom. The normalized spacial score (nSPS) is 15.3. The summed E-state index contributed by atoms with van der Waals surface area (Å²) in [4.78, 5) is 23.3. The predicted molar refractivity (Wildman–Crippen MR) is 134 cm³/mol. The van der Waals surface area contributed by atoms with Crippen molar-refractivity contribution in [1.82, 2.24) is 19.3 Å². The van der Waals surface area contributed by atoms with Crippen molar-refractivity contribution in [3.8, 4) is 29.2 Å². The number of carbonyl (C=O) groups excluding carboxylic acids is 1. The van der Waals surface area contributed by atoms with Crippen LogP contribution >= 0.6 is 0 Å². The molecule has 1 aliphatic rings. The highest BCUT2D eigenvalue weighted by Crippen LogP contribution is 2.38. The van der Waals surface area contributed by atoms with Gasteiger partial charge in [0.1, 0.15) is 11.6 Å². The number of halogens is 1. The molecule has 1 atom stereocenters. The Kier molecular flexibility index (Phi) is 6.44. The number of pyridine rings is 1.